The van der Waals surface area contributed by atoms with E-state index in [2.05, 4.69) is 25.1 Å². The van der Waals surface area contributed by atoms with Gasteiger partial charge in [-0.1, -0.05) is 24.3 Å². The highest BCUT2D eigenvalue weighted by Crippen LogP contribution is 2.39. The van der Waals surface area contributed by atoms with E-state index in [0.717, 1.165) is 28.3 Å². The number of nitrogens with zero attached hydrogens (tertiary/aromatic N) is 3. The largest absolute Gasteiger partial charge is 0.465 e. The SMILES string of the molecule is COC(=O)c1ccc(-n2cccc2[C@H]2[C@@H](c3ccccn3)NC(=S)N2CCC(=O)Nc2ccccc2C)cc1. The summed E-state index contributed by atoms with van der Waals surface area (Å²) in [5.74, 6) is -0.467. The van der Waals surface area contributed by atoms with Crippen molar-refractivity contribution in [1.29, 1.82) is 0 Å². The van der Waals surface area contributed by atoms with Gasteiger partial charge in [0, 0.05) is 42.4 Å². The summed E-state index contributed by atoms with van der Waals surface area (Å²) in [7, 11) is 1.36. The maximum atomic E-state index is 12.9. The summed E-state index contributed by atoms with van der Waals surface area (Å²) in [6.07, 6.45) is 4.00. The first-order chi connectivity index (χ1) is 19.0. The topological polar surface area (TPSA) is 88.5 Å². The maximum absolute atomic E-state index is 12.9. The number of carbonyl (C=O) groups is 2. The molecule has 0 saturated carbocycles. The lowest BCUT2D eigenvalue weighted by atomic mass is 10.0. The van der Waals surface area contributed by atoms with Crippen molar-refractivity contribution >= 4 is 34.9 Å². The number of hydrogen-bond donors (Lipinski definition) is 2. The van der Waals surface area contributed by atoms with Gasteiger partial charge in [0.2, 0.25) is 5.91 Å². The quantitative estimate of drug-likeness (QED) is 0.241. The van der Waals surface area contributed by atoms with Gasteiger partial charge in [-0.3, -0.25) is 9.78 Å². The Morgan fingerprint density at radius 3 is 2.51 bits per heavy atom. The predicted molar refractivity (Wildman–Crippen MR) is 154 cm³/mol. The number of anilines is 1. The molecule has 5 rings (SSSR count). The third-order valence-corrected chi connectivity index (χ3v) is 7.20. The van der Waals surface area contributed by atoms with E-state index < -0.39 is 0 Å². The van der Waals surface area contributed by atoms with Gasteiger partial charge in [0.1, 0.15) is 0 Å². The summed E-state index contributed by atoms with van der Waals surface area (Å²) >= 11 is 5.78. The number of methoxy groups -OCH3 is 1. The number of para-hydroxylation sites is 1. The Morgan fingerprint density at radius 2 is 1.79 bits per heavy atom. The first-order valence-electron chi connectivity index (χ1n) is 12.7. The molecule has 0 spiro atoms. The minimum absolute atomic E-state index is 0.0825. The van der Waals surface area contributed by atoms with E-state index in [1.165, 1.54) is 7.11 Å². The summed E-state index contributed by atoms with van der Waals surface area (Å²) in [4.78, 5) is 31.5. The van der Waals surface area contributed by atoms with Crippen LogP contribution >= 0.6 is 12.2 Å². The van der Waals surface area contributed by atoms with E-state index in [9.17, 15) is 9.59 Å². The minimum Gasteiger partial charge on any atom is -0.465 e. The van der Waals surface area contributed by atoms with Crippen LogP contribution in [0.3, 0.4) is 0 Å². The van der Waals surface area contributed by atoms with Crippen LogP contribution in [-0.4, -0.2) is 45.1 Å². The zero-order chi connectivity index (χ0) is 27.4. The Kier molecular flexibility index (Phi) is 7.69. The van der Waals surface area contributed by atoms with Gasteiger partial charge in [0.25, 0.3) is 0 Å². The molecule has 2 aromatic heterocycles. The molecule has 39 heavy (non-hydrogen) atoms. The van der Waals surface area contributed by atoms with Crippen molar-refractivity contribution in [3.63, 3.8) is 0 Å². The molecule has 2 aromatic carbocycles. The smallest absolute Gasteiger partial charge is 0.337 e. The summed E-state index contributed by atoms with van der Waals surface area (Å²) in [5, 5.41) is 7.02. The van der Waals surface area contributed by atoms with Gasteiger partial charge in [0.15, 0.2) is 5.11 Å². The Bertz CT molecular complexity index is 1490. The monoisotopic (exact) mass is 539 g/mol. The first kappa shape index (κ1) is 26.1. The van der Waals surface area contributed by atoms with Gasteiger partial charge >= 0.3 is 5.97 Å². The molecule has 0 bridgehead atoms. The maximum Gasteiger partial charge on any atom is 0.337 e. The van der Waals surface area contributed by atoms with Crippen molar-refractivity contribution in [2.24, 2.45) is 0 Å². The molecule has 2 N–H and O–H groups in total. The molecule has 8 nitrogen and oxygen atoms in total. The normalized spacial score (nSPS) is 16.6. The lowest BCUT2D eigenvalue weighted by molar-refractivity contribution is -0.116. The third kappa shape index (κ3) is 5.53. The lowest BCUT2D eigenvalue weighted by Crippen LogP contribution is -2.33. The third-order valence-electron chi connectivity index (χ3n) is 6.85. The van der Waals surface area contributed by atoms with Crippen molar-refractivity contribution in [3.8, 4) is 5.69 Å². The van der Waals surface area contributed by atoms with Crippen LogP contribution in [0.4, 0.5) is 5.69 Å². The number of rotatable bonds is 8. The highest BCUT2D eigenvalue weighted by Gasteiger charge is 2.41. The molecular formula is C30H29N5O3S. The van der Waals surface area contributed by atoms with Crippen LogP contribution in [0.15, 0.2) is 91.3 Å². The van der Waals surface area contributed by atoms with Crippen molar-refractivity contribution in [3.05, 3.63) is 114 Å². The minimum atomic E-state index is -0.384. The number of pyridine rings is 1. The van der Waals surface area contributed by atoms with Crippen molar-refractivity contribution in [2.45, 2.75) is 25.4 Å². The molecule has 4 aromatic rings. The Balaban J connectivity index is 1.44. The number of aromatic nitrogens is 2. The molecule has 198 valence electrons. The number of nitrogens with one attached hydrogen (secondary N) is 2. The molecule has 1 fully saturated rings. The molecule has 0 radical (unpaired) electrons. The zero-order valence-electron chi connectivity index (χ0n) is 21.7. The van der Waals surface area contributed by atoms with E-state index in [4.69, 9.17) is 17.0 Å². The number of amides is 1. The molecule has 9 heteroatoms. The number of carbonyl (C=O) groups excluding carboxylic acids is 2. The van der Waals surface area contributed by atoms with Gasteiger partial charge in [-0.05, 0) is 79.3 Å². The fourth-order valence-electron chi connectivity index (χ4n) is 4.86. The van der Waals surface area contributed by atoms with Gasteiger partial charge in [0.05, 0.1) is 30.5 Å². The highest BCUT2D eigenvalue weighted by atomic mass is 32.1. The van der Waals surface area contributed by atoms with Crippen LogP contribution in [0.25, 0.3) is 5.69 Å². The summed E-state index contributed by atoms with van der Waals surface area (Å²) in [6, 6.07) is 24.3. The van der Waals surface area contributed by atoms with Crippen LogP contribution in [0.5, 0.6) is 0 Å². The van der Waals surface area contributed by atoms with Crippen molar-refractivity contribution in [1.82, 2.24) is 19.8 Å². The average Bonchev–Trinajstić information content (AvgIpc) is 3.57. The van der Waals surface area contributed by atoms with Gasteiger partial charge in [-0.25, -0.2) is 4.79 Å². The molecule has 0 aliphatic carbocycles. The number of esters is 1. The molecular weight excluding hydrogens is 510 g/mol. The zero-order valence-corrected chi connectivity index (χ0v) is 22.5. The van der Waals surface area contributed by atoms with Crippen LogP contribution < -0.4 is 10.6 Å². The number of ether oxygens (including phenoxy) is 1. The molecule has 1 saturated heterocycles. The number of thiocarbonyl (C=S) groups is 1. The Hall–Kier alpha value is -4.50. The van der Waals surface area contributed by atoms with Gasteiger partial charge < -0.3 is 24.8 Å². The second-order valence-electron chi connectivity index (χ2n) is 9.27. The van der Waals surface area contributed by atoms with Gasteiger partial charge in [-0.2, -0.15) is 0 Å². The molecule has 1 aliphatic heterocycles. The van der Waals surface area contributed by atoms with Crippen molar-refractivity contribution in [2.75, 3.05) is 19.0 Å². The number of aryl methyl sites for hydroxylation is 1. The second kappa shape index (κ2) is 11.5. The average molecular weight is 540 g/mol. The second-order valence-corrected chi connectivity index (χ2v) is 9.66. The number of benzene rings is 2. The van der Waals surface area contributed by atoms with Crippen LogP contribution in [0.2, 0.25) is 0 Å². The van der Waals surface area contributed by atoms with Crippen molar-refractivity contribution < 1.29 is 14.3 Å². The Morgan fingerprint density at radius 1 is 1.03 bits per heavy atom. The standard InChI is InChI=1S/C30H29N5O3S/c1-20-8-3-4-9-23(20)32-26(36)16-19-35-28(27(33-30(35)39)24-10-5-6-17-31-24)25-11-7-18-34(25)22-14-12-21(13-15-22)29(37)38-2/h3-15,17-18,27-28H,16,19H2,1-2H3,(H,32,36)(H,33,39)/t27-,28+/m1/s1. The number of hydrogen-bond acceptors (Lipinski definition) is 5. The van der Waals surface area contributed by atoms with E-state index in [1.54, 1.807) is 18.3 Å². The van der Waals surface area contributed by atoms with Crippen LogP contribution in [0.1, 0.15) is 45.8 Å². The van der Waals surface area contributed by atoms with Crippen LogP contribution in [-0.2, 0) is 9.53 Å². The molecule has 1 aliphatic rings. The van der Waals surface area contributed by atoms with E-state index >= 15 is 0 Å². The highest BCUT2D eigenvalue weighted by molar-refractivity contribution is 7.80. The predicted octanol–water partition coefficient (Wildman–Crippen LogP) is 4.97. The molecule has 0 unspecified atom stereocenters. The van der Waals surface area contributed by atoms with Crippen LogP contribution in [0, 0.1) is 6.92 Å². The summed E-state index contributed by atoms with van der Waals surface area (Å²) in [5.41, 5.74) is 5.00. The van der Waals surface area contributed by atoms with E-state index in [1.807, 2.05) is 79.9 Å². The summed E-state index contributed by atoms with van der Waals surface area (Å²) in [6.45, 7) is 2.39. The molecule has 2 atom stereocenters. The first-order valence-corrected chi connectivity index (χ1v) is 13.1. The molecule has 3 heterocycles. The Labute approximate surface area is 232 Å². The van der Waals surface area contributed by atoms with E-state index in [-0.39, 0.29) is 30.4 Å². The summed E-state index contributed by atoms with van der Waals surface area (Å²) < 4.78 is 6.90. The molecule has 1 amide bonds. The van der Waals surface area contributed by atoms with Gasteiger partial charge in [-0.15, -0.1) is 0 Å². The lowest BCUT2D eigenvalue weighted by Gasteiger charge is -2.29. The van der Waals surface area contributed by atoms with E-state index in [0.29, 0.717) is 17.2 Å². The fraction of sp³-hybridized carbons (Fsp3) is 0.200. The fourth-order valence-corrected chi connectivity index (χ4v) is 5.19.